The third kappa shape index (κ3) is 2.78. The third-order valence-electron chi connectivity index (χ3n) is 2.15. The highest BCUT2D eigenvalue weighted by molar-refractivity contribution is 9.10. The molecule has 1 atom stereocenters. The fourth-order valence-electron chi connectivity index (χ4n) is 1.36. The highest BCUT2D eigenvalue weighted by atomic mass is 79.9. The number of rotatable bonds is 4. The maximum atomic E-state index is 13.7. The standard InChI is InChI=1S/C11H11BrF2O4/c1-3-18-11(16)9(15)5-4-6(13)7(12)8(14)10(5)17-2/h4,9,15H,3H2,1-2H3. The fourth-order valence-corrected chi connectivity index (χ4v) is 1.65. The number of hydrogen-bond acceptors (Lipinski definition) is 4. The van der Waals surface area contributed by atoms with Crippen LogP contribution in [0.15, 0.2) is 10.5 Å². The summed E-state index contributed by atoms with van der Waals surface area (Å²) in [6, 6.07) is 0.813. The molecule has 4 nitrogen and oxygen atoms in total. The van der Waals surface area contributed by atoms with Crippen molar-refractivity contribution in [3.05, 3.63) is 27.7 Å². The van der Waals surface area contributed by atoms with Crippen molar-refractivity contribution in [2.45, 2.75) is 13.0 Å². The predicted octanol–water partition coefficient (Wildman–Crippen LogP) is 2.33. The molecule has 0 aliphatic heterocycles. The minimum Gasteiger partial charge on any atom is -0.493 e. The van der Waals surface area contributed by atoms with Crippen LogP contribution in [-0.2, 0) is 9.53 Å². The molecular weight excluding hydrogens is 314 g/mol. The van der Waals surface area contributed by atoms with Crippen LogP contribution in [0.5, 0.6) is 5.75 Å². The van der Waals surface area contributed by atoms with Crippen LogP contribution in [0.25, 0.3) is 0 Å². The van der Waals surface area contributed by atoms with Crippen LogP contribution in [0.4, 0.5) is 8.78 Å². The summed E-state index contributed by atoms with van der Waals surface area (Å²) in [4.78, 5) is 11.3. The van der Waals surface area contributed by atoms with Gasteiger partial charge in [-0.3, -0.25) is 0 Å². The van der Waals surface area contributed by atoms with E-state index in [1.807, 2.05) is 0 Å². The number of aliphatic hydroxyl groups excluding tert-OH is 1. The van der Waals surface area contributed by atoms with Crippen molar-refractivity contribution in [2.75, 3.05) is 13.7 Å². The first-order valence-electron chi connectivity index (χ1n) is 5.00. The smallest absolute Gasteiger partial charge is 0.339 e. The van der Waals surface area contributed by atoms with E-state index in [0.717, 1.165) is 13.2 Å². The van der Waals surface area contributed by atoms with Crippen molar-refractivity contribution in [1.82, 2.24) is 0 Å². The third-order valence-corrected chi connectivity index (χ3v) is 2.88. The van der Waals surface area contributed by atoms with Crippen molar-refractivity contribution in [3.63, 3.8) is 0 Å². The van der Waals surface area contributed by atoms with E-state index in [1.165, 1.54) is 0 Å². The first-order valence-corrected chi connectivity index (χ1v) is 5.79. The molecule has 0 spiro atoms. The Kier molecular flexibility index (Phi) is 5.03. The molecule has 1 unspecified atom stereocenters. The molecule has 1 aromatic carbocycles. The van der Waals surface area contributed by atoms with Gasteiger partial charge in [0.15, 0.2) is 17.7 Å². The van der Waals surface area contributed by atoms with Gasteiger partial charge in [-0.2, -0.15) is 0 Å². The van der Waals surface area contributed by atoms with E-state index >= 15 is 0 Å². The molecule has 0 aromatic heterocycles. The minimum absolute atomic E-state index is 0.0414. The minimum atomic E-state index is -1.81. The molecule has 0 bridgehead atoms. The molecule has 1 aromatic rings. The number of ether oxygens (including phenoxy) is 2. The second-order valence-corrected chi connectivity index (χ2v) is 4.06. The summed E-state index contributed by atoms with van der Waals surface area (Å²) in [6.45, 7) is 1.59. The molecule has 0 amide bonds. The zero-order valence-electron chi connectivity index (χ0n) is 9.67. The molecule has 1 rings (SSSR count). The molecule has 100 valence electrons. The average molecular weight is 325 g/mol. The quantitative estimate of drug-likeness (QED) is 0.682. The monoisotopic (exact) mass is 324 g/mol. The summed E-state index contributed by atoms with van der Waals surface area (Å²) in [5.74, 6) is -3.40. The topological polar surface area (TPSA) is 55.8 Å². The maximum absolute atomic E-state index is 13.7. The second kappa shape index (κ2) is 6.10. The van der Waals surface area contributed by atoms with Gasteiger partial charge in [-0.1, -0.05) is 0 Å². The van der Waals surface area contributed by atoms with Crippen LogP contribution in [0.1, 0.15) is 18.6 Å². The summed E-state index contributed by atoms with van der Waals surface area (Å²) < 4.78 is 35.9. The van der Waals surface area contributed by atoms with Gasteiger partial charge in [0.2, 0.25) is 0 Å². The van der Waals surface area contributed by atoms with Crippen molar-refractivity contribution in [3.8, 4) is 5.75 Å². The van der Waals surface area contributed by atoms with Crippen LogP contribution in [0.3, 0.4) is 0 Å². The molecule has 18 heavy (non-hydrogen) atoms. The van der Waals surface area contributed by atoms with Gasteiger partial charge >= 0.3 is 5.97 Å². The number of methoxy groups -OCH3 is 1. The lowest BCUT2D eigenvalue weighted by Crippen LogP contribution is -2.17. The highest BCUT2D eigenvalue weighted by Gasteiger charge is 2.27. The Morgan fingerprint density at radius 3 is 2.67 bits per heavy atom. The van der Waals surface area contributed by atoms with Crippen molar-refractivity contribution in [2.24, 2.45) is 0 Å². The number of hydrogen-bond donors (Lipinski definition) is 1. The van der Waals surface area contributed by atoms with E-state index in [9.17, 15) is 18.7 Å². The summed E-state index contributed by atoms with van der Waals surface area (Å²) in [5.41, 5.74) is -0.325. The SMILES string of the molecule is CCOC(=O)C(O)c1cc(F)c(Br)c(F)c1OC. The zero-order chi connectivity index (χ0) is 13.9. The Hall–Kier alpha value is -1.21. The lowest BCUT2D eigenvalue weighted by Gasteiger charge is -2.15. The molecule has 0 radical (unpaired) electrons. The van der Waals surface area contributed by atoms with E-state index in [2.05, 4.69) is 20.7 Å². The Morgan fingerprint density at radius 1 is 1.56 bits per heavy atom. The van der Waals surface area contributed by atoms with Crippen molar-refractivity contribution in [1.29, 1.82) is 0 Å². The molecule has 0 fully saturated rings. The van der Waals surface area contributed by atoms with Crippen LogP contribution in [0, 0.1) is 11.6 Å². The number of aliphatic hydroxyl groups is 1. The zero-order valence-corrected chi connectivity index (χ0v) is 11.3. The van der Waals surface area contributed by atoms with E-state index in [-0.39, 0.29) is 12.2 Å². The molecule has 0 aliphatic rings. The lowest BCUT2D eigenvalue weighted by atomic mass is 10.1. The summed E-state index contributed by atoms with van der Waals surface area (Å²) in [5, 5.41) is 9.67. The first-order chi connectivity index (χ1) is 8.43. The summed E-state index contributed by atoms with van der Waals surface area (Å²) in [6.07, 6.45) is -1.81. The van der Waals surface area contributed by atoms with Gasteiger partial charge in [0.05, 0.1) is 18.2 Å². The Morgan fingerprint density at radius 2 is 2.17 bits per heavy atom. The van der Waals surface area contributed by atoms with Gasteiger partial charge in [-0.15, -0.1) is 0 Å². The largest absolute Gasteiger partial charge is 0.493 e. The molecule has 1 N–H and O–H groups in total. The maximum Gasteiger partial charge on any atom is 0.339 e. The van der Waals surface area contributed by atoms with Crippen molar-refractivity contribution < 1.29 is 28.2 Å². The van der Waals surface area contributed by atoms with Gasteiger partial charge < -0.3 is 14.6 Å². The van der Waals surface area contributed by atoms with Crippen LogP contribution < -0.4 is 4.74 Å². The molecule has 0 aliphatic carbocycles. The van der Waals surface area contributed by atoms with Crippen LogP contribution >= 0.6 is 15.9 Å². The number of carbonyl (C=O) groups is 1. The van der Waals surface area contributed by atoms with Gasteiger partial charge in [-0.05, 0) is 28.9 Å². The molecular formula is C11H11BrF2O4. The van der Waals surface area contributed by atoms with Gasteiger partial charge in [-0.25, -0.2) is 13.6 Å². The summed E-state index contributed by atoms with van der Waals surface area (Å²) >= 11 is 2.69. The molecule has 0 saturated heterocycles. The van der Waals surface area contributed by atoms with Gasteiger partial charge in [0.25, 0.3) is 0 Å². The Bertz CT molecular complexity index is 465. The van der Waals surface area contributed by atoms with Crippen LogP contribution in [-0.4, -0.2) is 24.8 Å². The van der Waals surface area contributed by atoms with E-state index < -0.39 is 33.9 Å². The lowest BCUT2D eigenvalue weighted by molar-refractivity contribution is -0.153. The van der Waals surface area contributed by atoms with E-state index in [4.69, 9.17) is 4.74 Å². The van der Waals surface area contributed by atoms with Crippen molar-refractivity contribution >= 4 is 21.9 Å². The number of benzene rings is 1. The van der Waals surface area contributed by atoms with E-state index in [0.29, 0.717) is 0 Å². The van der Waals surface area contributed by atoms with E-state index in [1.54, 1.807) is 6.92 Å². The highest BCUT2D eigenvalue weighted by Crippen LogP contribution is 2.35. The predicted molar refractivity (Wildman–Crippen MR) is 62.2 cm³/mol. The number of halogens is 3. The normalized spacial score (nSPS) is 12.1. The molecule has 0 saturated carbocycles. The second-order valence-electron chi connectivity index (χ2n) is 3.26. The summed E-state index contributed by atoms with van der Waals surface area (Å²) in [7, 11) is 1.14. The Balaban J connectivity index is 3.27. The average Bonchev–Trinajstić information content (AvgIpc) is 2.35. The molecule has 7 heteroatoms. The Labute approximate surface area is 111 Å². The fraction of sp³-hybridized carbons (Fsp3) is 0.364. The van der Waals surface area contributed by atoms with Gasteiger partial charge in [0.1, 0.15) is 5.82 Å². The first kappa shape index (κ1) is 14.8. The van der Waals surface area contributed by atoms with Crippen LogP contribution in [0.2, 0.25) is 0 Å². The van der Waals surface area contributed by atoms with Gasteiger partial charge in [0, 0.05) is 5.56 Å². The molecule has 0 heterocycles. The number of carbonyl (C=O) groups excluding carboxylic acids is 1. The number of esters is 1.